The molecule has 0 heterocycles. The van der Waals surface area contributed by atoms with Crippen molar-refractivity contribution in [2.75, 3.05) is 40.3 Å². The van der Waals surface area contributed by atoms with E-state index in [-0.39, 0.29) is 6.54 Å². The van der Waals surface area contributed by atoms with Crippen molar-refractivity contribution >= 4 is 11.9 Å². The lowest BCUT2D eigenvalue weighted by atomic mass is 9.98. The highest BCUT2D eigenvalue weighted by atomic mass is 19.4. The minimum atomic E-state index is -4.40. The number of hydrogen-bond donors (Lipinski definition) is 2. The minimum Gasteiger partial charge on any atom is -0.378 e. The van der Waals surface area contributed by atoms with Crippen LogP contribution in [0.1, 0.15) is 38.5 Å². The van der Waals surface area contributed by atoms with E-state index in [1.165, 1.54) is 26.3 Å². The van der Waals surface area contributed by atoms with Gasteiger partial charge in [-0.15, -0.1) is 0 Å². The van der Waals surface area contributed by atoms with Crippen molar-refractivity contribution in [2.24, 2.45) is 4.99 Å². The Balaban J connectivity index is 2.14. The third-order valence-corrected chi connectivity index (χ3v) is 3.99. The van der Waals surface area contributed by atoms with Gasteiger partial charge in [-0.05, 0) is 19.3 Å². The molecule has 1 saturated carbocycles. The van der Waals surface area contributed by atoms with Crippen LogP contribution in [0.3, 0.4) is 0 Å². The summed E-state index contributed by atoms with van der Waals surface area (Å²) in [4.78, 5) is 16.2. The molecule has 2 N–H and O–H groups in total. The molecule has 0 aliphatic heterocycles. The van der Waals surface area contributed by atoms with Crippen molar-refractivity contribution in [1.29, 1.82) is 0 Å². The van der Waals surface area contributed by atoms with Crippen LogP contribution in [0.4, 0.5) is 13.2 Å². The van der Waals surface area contributed by atoms with Gasteiger partial charge < -0.3 is 20.3 Å². The zero-order valence-corrected chi connectivity index (χ0v) is 15.0. The molecule has 1 rings (SSSR count). The Labute approximate surface area is 147 Å². The summed E-state index contributed by atoms with van der Waals surface area (Å²) in [5.74, 6) is -0.271. The molecule has 1 fully saturated rings. The molecule has 1 amide bonds. The highest BCUT2D eigenvalue weighted by molar-refractivity contribution is 5.86. The van der Waals surface area contributed by atoms with E-state index >= 15 is 0 Å². The fraction of sp³-hybridized carbons (Fsp3) is 0.875. The van der Waals surface area contributed by atoms with E-state index in [1.54, 1.807) is 0 Å². The van der Waals surface area contributed by atoms with Crippen LogP contribution >= 0.6 is 0 Å². The summed E-state index contributed by atoms with van der Waals surface area (Å²) in [6, 6.07) is 0. The third-order valence-electron chi connectivity index (χ3n) is 3.99. The molecule has 0 saturated heterocycles. The maximum absolute atomic E-state index is 12.2. The fourth-order valence-electron chi connectivity index (χ4n) is 2.63. The van der Waals surface area contributed by atoms with Gasteiger partial charge in [0.15, 0.2) is 5.96 Å². The van der Waals surface area contributed by atoms with Gasteiger partial charge in [0.2, 0.25) is 5.91 Å². The molecule has 25 heavy (non-hydrogen) atoms. The number of rotatable bonds is 8. The second-order valence-corrected chi connectivity index (χ2v) is 6.20. The zero-order valence-electron chi connectivity index (χ0n) is 15.0. The van der Waals surface area contributed by atoms with E-state index < -0.39 is 18.6 Å². The van der Waals surface area contributed by atoms with Crippen LogP contribution in [-0.2, 0) is 9.53 Å². The standard InChI is InChI=1S/C16H29F3N4O2/c1-20-15(22-11-14(24)23(2)12-16(17,18)19)21-9-6-10-25-13-7-4-3-5-8-13/h13H,3-12H2,1-2H3,(H2,20,21,22). The normalized spacial score (nSPS) is 16.6. The minimum absolute atomic E-state index is 0.245. The van der Waals surface area contributed by atoms with Crippen molar-refractivity contribution in [3.05, 3.63) is 0 Å². The quantitative estimate of drug-likeness (QED) is 0.391. The van der Waals surface area contributed by atoms with Gasteiger partial charge in [-0.25, -0.2) is 0 Å². The summed E-state index contributed by atoms with van der Waals surface area (Å²) < 4.78 is 42.5. The average molecular weight is 366 g/mol. The predicted octanol–water partition coefficient (Wildman–Crippen LogP) is 1.91. The van der Waals surface area contributed by atoms with Crippen LogP contribution in [0.15, 0.2) is 4.99 Å². The topological polar surface area (TPSA) is 66.0 Å². The van der Waals surface area contributed by atoms with Gasteiger partial charge in [0.05, 0.1) is 12.6 Å². The Morgan fingerprint density at radius 1 is 1.24 bits per heavy atom. The Morgan fingerprint density at radius 3 is 2.52 bits per heavy atom. The Morgan fingerprint density at radius 2 is 1.92 bits per heavy atom. The van der Waals surface area contributed by atoms with Crippen molar-refractivity contribution in [1.82, 2.24) is 15.5 Å². The molecule has 0 atom stereocenters. The number of amides is 1. The average Bonchev–Trinajstić information content (AvgIpc) is 2.56. The molecular weight excluding hydrogens is 337 g/mol. The first-order chi connectivity index (χ1) is 11.8. The molecule has 9 heteroatoms. The first kappa shape index (κ1) is 21.5. The zero-order chi connectivity index (χ0) is 18.7. The third kappa shape index (κ3) is 10.2. The van der Waals surface area contributed by atoms with Crippen LogP contribution in [0.5, 0.6) is 0 Å². The van der Waals surface area contributed by atoms with E-state index in [4.69, 9.17) is 4.74 Å². The number of alkyl halides is 3. The Hall–Kier alpha value is -1.51. The SMILES string of the molecule is CN=C(NCCCOC1CCCCC1)NCC(=O)N(C)CC(F)(F)F. The van der Waals surface area contributed by atoms with E-state index in [2.05, 4.69) is 15.6 Å². The van der Waals surface area contributed by atoms with Crippen molar-refractivity contribution in [3.63, 3.8) is 0 Å². The van der Waals surface area contributed by atoms with E-state index in [0.29, 0.717) is 30.1 Å². The van der Waals surface area contributed by atoms with E-state index in [0.717, 1.165) is 26.3 Å². The molecule has 1 aliphatic rings. The number of halogens is 3. The molecule has 0 aromatic rings. The molecule has 0 aromatic carbocycles. The highest BCUT2D eigenvalue weighted by Gasteiger charge is 2.31. The summed E-state index contributed by atoms with van der Waals surface area (Å²) >= 11 is 0. The van der Waals surface area contributed by atoms with Crippen LogP contribution in [0, 0.1) is 0 Å². The van der Waals surface area contributed by atoms with Gasteiger partial charge in [-0.1, -0.05) is 19.3 Å². The smallest absolute Gasteiger partial charge is 0.378 e. The second kappa shape index (κ2) is 11.2. The lowest BCUT2D eigenvalue weighted by Gasteiger charge is -2.22. The fourth-order valence-corrected chi connectivity index (χ4v) is 2.63. The number of guanidine groups is 1. The van der Waals surface area contributed by atoms with Crippen LogP contribution in [0.2, 0.25) is 0 Å². The van der Waals surface area contributed by atoms with Crippen LogP contribution in [0.25, 0.3) is 0 Å². The van der Waals surface area contributed by atoms with Crippen molar-refractivity contribution in [3.8, 4) is 0 Å². The Bertz CT molecular complexity index is 424. The number of carbonyl (C=O) groups is 1. The highest BCUT2D eigenvalue weighted by Crippen LogP contribution is 2.20. The number of ether oxygens (including phenoxy) is 1. The molecular formula is C16H29F3N4O2. The first-order valence-corrected chi connectivity index (χ1v) is 8.68. The first-order valence-electron chi connectivity index (χ1n) is 8.68. The molecule has 1 aliphatic carbocycles. The van der Waals surface area contributed by atoms with Gasteiger partial charge in [0.25, 0.3) is 0 Å². The van der Waals surface area contributed by atoms with E-state index in [9.17, 15) is 18.0 Å². The summed E-state index contributed by atoms with van der Waals surface area (Å²) in [6.45, 7) is -0.246. The molecule has 6 nitrogen and oxygen atoms in total. The summed E-state index contributed by atoms with van der Waals surface area (Å²) in [7, 11) is 2.66. The molecule has 0 radical (unpaired) electrons. The molecule has 0 spiro atoms. The van der Waals surface area contributed by atoms with Gasteiger partial charge in [-0.2, -0.15) is 13.2 Å². The van der Waals surface area contributed by atoms with Crippen molar-refractivity contribution < 1.29 is 22.7 Å². The van der Waals surface area contributed by atoms with Crippen molar-refractivity contribution in [2.45, 2.75) is 50.8 Å². The number of nitrogens with one attached hydrogen (secondary N) is 2. The summed E-state index contributed by atoms with van der Waals surface area (Å²) in [5.41, 5.74) is 0. The second-order valence-electron chi connectivity index (χ2n) is 6.20. The van der Waals surface area contributed by atoms with Gasteiger partial charge >= 0.3 is 6.18 Å². The largest absolute Gasteiger partial charge is 0.406 e. The van der Waals surface area contributed by atoms with Gasteiger partial charge in [0.1, 0.15) is 6.54 Å². The predicted molar refractivity (Wildman–Crippen MR) is 90.5 cm³/mol. The maximum atomic E-state index is 12.2. The monoisotopic (exact) mass is 366 g/mol. The lowest BCUT2D eigenvalue weighted by Crippen LogP contribution is -2.45. The number of likely N-dealkylation sites (N-methyl/N-ethyl adjacent to an activating group) is 1. The summed E-state index contributed by atoms with van der Waals surface area (Å²) in [5, 5.41) is 5.73. The number of carbonyl (C=O) groups excluding carboxylic acids is 1. The Kier molecular flexibility index (Phi) is 9.62. The molecule has 0 aromatic heterocycles. The number of aliphatic imine (C=N–C) groups is 1. The van der Waals surface area contributed by atoms with Gasteiger partial charge in [-0.3, -0.25) is 9.79 Å². The summed E-state index contributed by atoms with van der Waals surface area (Å²) in [6.07, 6.45) is 2.77. The molecule has 0 bridgehead atoms. The van der Waals surface area contributed by atoms with Crippen LogP contribution in [-0.4, -0.2) is 69.4 Å². The van der Waals surface area contributed by atoms with Crippen LogP contribution < -0.4 is 10.6 Å². The van der Waals surface area contributed by atoms with Gasteiger partial charge in [0, 0.05) is 27.2 Å². The van der Waals surface area contributed by atoms with E-state index in [1.807, 2.05) is 0 Å². The maximum Gasteiger partial charge on any atom is 0.406 e. The molecule has 146 valence electrons. The number of nitrogens with zero attached hydrogens (tertiary/aromatic N) is 2. The molecule has 0 unspecified atom stereocenters. The lowest BCUT2D eigenvalue weighted by molar-refractivity contribution is -0.157. The number of hydrogen-bond acceptors (Lipinski definition) is 3.